The predicted octanol–water partition coefficient (Wildman–Crippen LogP) is 1.50. The summed E-state index contributed by atoms with van der Waals surface area (Å²) in [5.41, 5.74) is 0. The number of carbonyl (C=O) groups is 2. The summed E-state index contributed by atoms with van der Waals surface area (Å²) in [5.74, 6) is -2.45. The van der Waals surface area contributed by atoms with Crippen LogP contribution in [0.4, 0.5) is 0 Å². The molecule has 0 aliphatic carbocycles. The van der Waals surface area contributed by atoms with Crippen molar-refractivity contribution in [3.63, 3.8) is 0 Å². The van der Waals surface area contributed by atoms with Gasteiger partial charge in [0, 0.05) is 0 Å². The van der Waals surface area contributed by atoms with Gasteiger partial charge in [-0.1, -0.05) is 25.5 Å². The van der Waals surface area contributed by atoms with Crippen molar-refractivity contribution in [2.45, 2.75) is 51.6 Å². The number of carbonyl (C=O) groups excluding carboxylic acids is 1. The third-order valence-corrected chi connectivity index (χ3v) is 2.99. The van der Waals surface area contributed by atoms with Crippen LogP contribution in [0.25, 0.3) is 0 Å². The molecule has 0 spiro atoms. The first-order valence-electron chi connectivity index (χ1n) is 7.33. The molecule has 21 heavy (non-hydrogen) atoms. The van der Waals surface area contributed by atoms with Crippen molar-refractivity contribution >= 4 is 11.9 Å². The molecule has 0 aromatic rings. The highest BCUT2D eigenvalue weighted by Gasteiger charge is 2.22. The van der Waals surface area contributed by atoms with E-state index in [1.807, 2.05) is 0 Å². The predicted molar refractivity (Wildman–Crippen MR) is 77.7 cm³/mol. The zero-order valence-electron chi connectivity index (χ0n) is 12.5. The molecular weight excluding hydrogens is 276 g/mol. The second kappa shape index (κ2) is 12.3. The third-order valence-electron chi connectivity index (χ3n) is 2.99. The summed E-state index contributed by atoms with van der Waals surface area (Å²) in [6.07, 6.45) is 6.75. The Morgan fingerprint density at radius 2 is 1.95 bits per heavy atom. The van der Waals surface area contributed by atoms with Crippen LogP contribution in [-0.4, -0.2) is 46.6 Å². The molecule has 6 heteroatoms. The molecule has 0 saturated carbocycles. The molecule has 0 aliphatic heterocycles. The van der Waals surface area contributed by atoms with Crippen molar-refractivity contribution in [2.24, 2.45) is 5.92 Å². The van der Waals surface area contributed by atoms with E-state index in [0.29, 0.717) is 6.42 Å². The standard InChI is InChI=1S/C15H26O6/c1-2-3-4-5-6-7-8-12(15(19)20)9-14(18)21-11-13(17)10-16/h3-4,12-13,16-17H,2,5-11H2,1H3,(H,19,20)/b4-3+. The zero-order valence-corrected chi connectivity index (χ0v) is 12.5. The van der Waals surface area contributed by atoms with Crippen molar-refractivity contribution in [3.8, 4) is 0 Å². The molecule has 2 atom stereocenters. The number of aliphatic hydroxyl groups is 2. The molecule has 0 saturated heterocycles. The Kier molecular flexibility index (Phi) is 11.5. The number of carboxylic acid groups (broad SMARTS) is 1. The van der Waals surface area contributed by atoms with Gasteiger partial charge in [0.25, 0.3) is 0 Å². The van der Waals surface area contributed by atoms with E-state index in [1.54, 1.807) is 0 Å². The molecule has 122 valence electrons. The Morgan fingerprint density at radius 1 is 1.24 bits per heavy atom. The number of unbranched alkanes of at least 4 members (excludes halogenated alkanes) is 2. The van der Waals surface area contributed by atoms with E-state index >= 15 is 0 Å². The highest BCUT2D eigenvalue weighted by molar-refractivity contribution is 5.78. The van der Waals surface area contributed by atoms with Crippen LogP contribution in [0.1, 0.15) is 45.4 Å². The zero-order chi connectivity index (χ0) is 16.1. The molecule has 0 radical (unpaired) electrons. The summed E-state index contributed by atoms with van der Waals surface area (Å²) in [4.78, 5) is 22.5. The Morgan fingerprint density at radius 3 is 2.52 bits per heavy atom. The third kappa shape index (κ3) is 11.0. The van der Waals surface area contributed by atoms with Gasteiger partial charge in [-0.2, -0.15) is 0 Å². The van der Waals surface area contributed by atoms with Crippen molar-refractivity contribution < 1.29 is 29.6 Å². The molecule has 0 amide bonds. The van der Waals surface area contributed by atoms with Crippen molar-refractivity contribution in [3.05, 3.63) is 12.2 Å². The molecule has 0 rings (SSSR count). The van der Waals surface area contributed by atoms with E-state index in [4.69, 9.17) is 20.1 Å². The van der Waals surface area contributed by atoms with Crippen LogP contribution in [0.15, 0.2) is 12.2 Å². The molecule has 0 aromatic carbocycles. The first-order valence-corrected chi connectivity index (χ1v) is 7.33. The first kappa shape index (κ1) is 19.6. The van der Waals surface area contributed by atoms with Crippen LogP contribution in [-0.2, 0) is 14.3 Å². The summed E-state index contributed by atoms with van der Waals surface area (Å²) in [5, 5.41) is 26.7. The topological polar surface area (TPSA) is 104 Å². The molecule has 0 fully saturated rings. The van der Waals surface area contributed by atoms with Crippen LogP contribution in [0.3, 0.4) is 0 Å². The number of esters is 1. The summed E-state index contributed by atoms with van der Waals surface area (Å²) in [6, 6.07) is 0. The average molecular weight is 302 g/mol. The molecule has 0 aliphatic rings. The van der Waals surface area contributed by atoms with Gasteiger partial charge in [-0.25, -0.2) is 0 Å². The number of carboxylic acids is 1. The Balaban J connectivity index is 3.98. The van der Waals surface area contributed by atoms with Crippen LogP contribution in [0.5, 0.6) is 0 Å². The minimum atomic E-state index is -1.12. The molecule has 3 N–H and O–H groups in total. The minimum Gasteiger partial charge on any atom is -0.481 e. The lowest BCUT2D eigenvalue weighted by Gasteiger charge is -2.13. The maximum atomic E-state index is 11.5. The van der Waals surface area contributed by atoms with E-state index in [9.17, 15) is 9.59 Å². The number of allylic oxidation sites excluding steroid dienone is 2. The van der Waals surface area contributed by atoms with E-state index in [-0.39, 0.29) is 13.0 Å². The monoisotopic (exact) mass is 302 g/mol. The Labute approximate surface area is 125 Å². The van der Waals surface area contributed by atoms with Crippen molar-refractivity contribution in [1.82, 2.24) is 0 Å². The molecular formula is C15H26O6. The molecule has 0 heterocycles. The van der Waals surface area contributed by atoms with E-state index in [1.165, 1.54) is 0 Å². The average Bonchev–Trinajstić information content (AvgIpc) is 2.46. The second-order valence-electron chi connectivity index (χ2n) is 4.92. The van der Waals surface area contributed by atoms with E-state index < -0.39 is 30.6 Å². The van der Waals surface area contributed by atoms with Gasteiger partial charge in [0.05, 0.1) is 18.9 Å². The number of aliphatic carboxylic acids is 1. The summed E-state index contributed by atoms with van der Waals surface area (Å²) in [6.45, 7) is 1.24. The van der Waals surface area contributed by atoms with Crippen molar-refractivity contribution in [2.75, 3.05) is 13.2 Å². The van der Waals surface area contributed by atoms with Gasteiger partial charge < -0.3 is 20.1 Å². The highest BCUT2D eigenvalue weighted by atomic mass is 16.5. The number of rotatable bonds is 12. The quantitative estimate of drug-likeness (QED) is 0.287. The number of ether oxygens (including phenoxy) is 1. The molecule has 2 unspecified atom stereocenters. The lowest BCUT2D eigenvalue weighted by atomic mass is 9.98. The van der Waals surface area contributed by atoms with Crippen LogP contribution < -0.4 is 0 Å². The van der Waals surface area contributed by atoms with Crippen molar-refractivity contribution in [1.29, 1.82) is 0 Å². The van der Waals surface area contributed by atoms with Crippen LogP contribution >= 0.6 is 0 Å². The lowest BCUT2D eigenvalue weighted by Crippen LogP contribution is -2.24. The maximum absolute atomic E-state index is 11.5. The smallest absolute Gasteiger partial charge is 0.307 e. The number of aliphatic hydroxyl groups excluding tert-OH is 2. The second-order valence-corrected chi connectivity index (χ2v) is 4.92. The largest absolute Gasteiger partial charge is 0.481 e. The van der Waals surface area contributed by atoms with Gasteiger partial charge >= 0.3 is 11.9 Å². The SMILES string of the molecule is CC/C=C/CCCCC(CC(=O)OCC(O)CO)C(=O)O. The summed E-state index contributed by atoms with van der Waals surface area (Å²) in [7, 11) is 0. The van der Waals surface area contributed by atoms with Crippen LogP contribution in [0.2, 0.25) is 0 Å². The molecule has 6 nitrogen and oxygen atoms in total. The fraction of sp³-hybridized carbons (Fsp3) is 0.733. The van der Waals surface area contributed by atoms with Gasteiger partial charge in [-0.15, -0.1) is 0 Å². The van der Waals surface area contributed by atoms with E-state index in [0.717, 1.165) is 25.7 Å². The fourth-order valence-electron chi connectivity index (χ4n) is 1.75. The normalized spacial score (nSPS) is 14.0. The Bertz CT molecular complexity index is 326. The maximum Gasteiger partial charge on any atom is 0.307 e. The molecule has 0 bridgehead atoms. The fourth-order valence-corrected chi connectivity index (χ4v) is 1.75. The number of hydrogen-bond acceptors (Lipinski definition) is 5. The van der Waals surface area contributed by atoms with Gasteiger partial charge in [-0.3, -0.25) is 9.59 Å². The van der Waals surface area contributed by atoms with Gasteiger partial charge in [0.2, 0.25) is 0 Å². The Hall–Kier alpha value is -1.40. The summed E-state index contributed by atoms with van der Waals surface area (Å²) < 4.78 is 4.71. The highest BCUT2D eigenvalue weighted by Crippen LogP contribution is 2.15. The lowest BCUT2D eigenvalue weighted by molar-refractivity contribution is -0.154. The summed E-state index contributed by atoms with van der Waals surface area (Å²) >= 11 is 0. The van der Waals surface area contributed by atoms with Crippen LogP contribution in [0, 0.1) is 5.92 Å². The number of hydrogen-bond donors (Lipinski definition) is 3. The van der Waals surface area contributed by atoms with Gasteiger partial charge in [0.1, 0.15) is 12.7 Å². The van der Waals surface area contributed by atoms with E-state index in [2.05, 4.69) is 19.1 Å². The van der Waals surface area contributed by atoms with Gasteiger partial charge in [0.15, 0.2) is 0 Å². The first-order chi connectivity index (χ1) is 10.0. The van der Waals surface area contributed by atoms with Gasteiger partial charge in [-0.05, 0) is 25.7 Å². The minimum absolute atomic E-state index is 0.210. The molecule has 0 aromatic heterocycles.